The number of halogens is 1. The molecular weight excluding hydrogens is 570 g/mol. The third-order valence-corrected chi connectivity index (χ3v) is 6.69. The number of nitrogens with zero attached hydrogens (tertiary/aromatic N) is 2. The molecule has 0 radical (unpaired) electrons. The van der Waals surface area contributed by atoms with Gasteiger partial charge in [0.05, 0.1) is 35.4 Å². The Labute approximate surface area is 220 Å². The first-order valence-corrected chi connectivity index (χ1v) is 12.4. The summed E-state index contributed by atoms with van der Waals surface area (Å²) < 4.78 is 40.8. The summed E-state index contributed by atoms with van der Waals surface area (Å²) in [5.74, 6) is -0.262. The molecular formula is C24H18BrN3O8S. The van der Waals surface area contributed by atoms with E-state index >= 15 is 0 Å². The van der Waals surface area contributed by atoms with Gasteiger partial charge in [-0.05, 0) is 70.0 Å². The standard InChI is InChI=1S/C24H18BrN3O8S/c1-34-18-5-7-19(8-6-18)37(32,33)36-22-10-3-15(12-20(22)25)11-16(14-26)24(29)27-21-9-4-17(28(30)31)13-23(21)35-2/h3-13H,1-2H3,(H,27,29)/b16-11+. The van der Waals surface area contributed by atoms with Crippen LogP contribution in [0.4, 0.5) is 11.4 Å². The van der Waals surface area contributed by atoms with Crippen molar-refractivity contribution in [1.29, 1.82) is 5.26 Å². The van der Waals surface area contributed by atoms with E-state index in [1.807, 2.05) is 0 Å². The number of nitro groups is 1. The van der Waals surface area contributed by atoms with Crippen molar-refractivity contribution in [2.75, 3.05) is 19.5 Å². The van der Waals surface area contributed by atoms with E-state index in [1.54, 1.807) is 6.07 Å². The van der Waals surface area contributed by atoms with E-state index in [0.717, 1.165) is 6.07 Å². The molecule has 11 nitrogen and oxygen atoms in total. The largest absolute Gasteiger partial charge is 0.497 e. The number of hydrogen-bond donors (Lipinski definition) is 1. The Bertz CT molecular complexity index is 1530. The van der Waals surface area contributed by atoms with Crippen LogP contribution in [0.25, 0.3) is 6.08 Å². The number of nitro benzene ring substituents is 1. The monoisotopic (exact) mass is 587 g/mol. The van der Waals surface area contributed by atoms with Crippen molar-refractivity contribution >= 4 is 49.4 Å². The highest BCUT2D eigenvalue weighted by Gasteiger charge is 2.19. The normalized spacial score (nSPS) is 11.2. The van der Waals surface area contributed by atoms with E-state index in [1.165, 1.54) is 74.9 Å². The smallest absolute Gasteiger partial charge is 0.339 e. The summed E-state index contributed by atoms with van der Waals surface area (Å²) in [6.45, 7) is 0. The Kier molecular flexibility index (Phi) is 8.49. The molecule has 37 heavy (non-hydrogen) atoms. The van der Waals surface area contributed by atoms with Crippen LogP contribution >= 0.6 is 15.9 Å². The lowest BCUT2D eigenvalue weighted by atomic mass is 10.1. The second-order valence-corrected chi connectivity index (χ2v) is 9.57. The number of methoxy groups -OCH3 is 2. The van der Waals surface area contributed by atoms with Gasteiger partial charge in [-0.15, -0.1) is 0 Å². The van der Waals surface area contributed by atoms with Crippen molar-refractivity contribution in [1.82, 2.24) is 0 Å². The number of carbonyl (C=O) groups excluding carboxylic acids is 1. The van der Waals surface area contributed by atoms with Crippen molar-refractivity contribution in [2.45, 2.75) is 4.90 Å². The number of rotatable bonds is 9. The van der Waals surface area contributed by atoms with Crippen molar-refractivity contribution in [3.8, 4) is 23.3 Å². The topological polar surface area (TPSA) is 158 Å². The fraction of sp³-hybridized carbons (Fsp3) is 0.0833. The summed E-state index contributed by atoms with van der Waals surface area (Å²) in [5, 5.41) is 22.9. The average Bonchev–Trinajstić information content (AvgIpc) is 2.88. The molecule has 0 aliphatic rings. The number of hydrogen-bond acceptors (Lipinski definition) is 9. The van der Waals surface area contributed by atoms with Gasteiger partial charge in [-0.1, -0.05) is 6.07 Å². The zero-order chi connectivity index (χ0) is 27.2. The van der Waals surface area contributed by atoms with Crippen LogP contribution in [-0.2, 0) is 14.9 Å². The molecule has 1 N–H and O–H groups in total. The van der Waals surface area contributed by atoms with E-state index in [0.29, 0.717) is 11.3 Å². The lowest BCUT2D eigenvalue weighted by molar-refractivity contribution is -0.384. The second kappa shape index (κ2) is 11.5. The first-order chi connectivity index (χ1) is 17.6. The molecule has 0 spiro atoms. The maximum atomic E-state index is 12.7. The maximum Gasteiger partial charge on any atom is 0.339 e. The van der Waals surface area contributed by atoms with Crippen molar-refractivity contribution in [3.05, 3.63) is 86.4 Å². The summed E-state index contributed by atoms with van der Waals surface area (Å²) in [5.41, 5.74) is 0.00948. The minimum atomic E-state index is -4.14. The average molecular weight is 588 g/mol. The number of ether oxygens (including phenoxy) is 2. The highest BCUT2D eigenvalue weighted by atomic mass is 79.9. The molecule has 190 valence electrons. The van der Waals surface area contributed by atoms with Gasteiger partial charge < -0.3 is 19.0 Å². The number of carbonyl (C=O) groups is 1. The predicted molar refractivity (Wildman–Crippen MR) is 137 cm³/mol. The first-order valence-electron chi connectivity index (χ1n) is 10.2. The van der Waals surface area contributed by atoms with Crippen LogP contribution in [0.3, 0.4) is 0 Å². The molecule has 3 aromatic carbocycles. The van der Waals surface area contributed by atoms with Crippen LogP contribution in [0, 0.1) is 21.4 Å². The van der Waals surface area contributed by atoms with E-state index in [4.69, 9.17) is 13.7 Å². The molecule has 0 aliphatic carbocycles. The molecule has 13 heteroatoms. The fourth-order valence-electron chi connectivity index (χ4n) is 2.98. The van der Waals surface area contributed by atoms with Gasteiger partial charge in [-0.2, -0.15) is 13.7 Å². The Morgan fingerprint density at radius 3 is 2.32 bits per heavy atom. The summed E-state index contributed by atoms with van der Waals surface area (Å²) in [7, 11) is -1.39. The Balaban J connectivity index is 1.80. The molecule has 0 fully saturated rings. The molecule has 0 atom stereocenters. The van der Waals surface area contributed by atoms with Gasteiger partial charge >= 0.3 is 10.1 Å². The molecule has 0 unspecified atom stereocenters. The van der Waals surface area contributed by atoms with Gasteiger partial charge in [0.25, 0.3) is 11.6 Å². The van der Waals surface area contributed by atoms with Crippen LogP contribution in [0.5, 0.6) is 17.2 Å². The number of nitrogens with one attached hydrogen (secondary N) is 1. The third-order valence-electron chi connectivity index (χ3n) is 4.82. The van der Waals surface area contributed by atoms with E-state index in [9.17, 15) is 28.6 Å². The minimum Gasteiger partial charge on any atom is -0.497 e. The number of amides is 1. The lowest BCUT2D eigenvalue weighted by Crippen LogP contribution is -2.14. The van der Waals surface area contributed by atoms with Crippen LogP contribution in [0.1, 0.15) is 5.56 Å². The molecule has 0 bridgehead atoms. The molecule has 0 heterocycles. The number of non-ortho nitro benzene ring substituents is 1. The molecule has 0 saturated heterocycles. The fourth-order valence-corrected chi connectivity index (χ4v) is 4.52. The SMILES string of the molecule is COc1ccc(S(=O)(=O)Oc2ccc(/C=C(\C#N)C(=O)Nc3ccc([N+](=O)[O-])cc3OC)cc2Br)cc1. The zero-order valence-electron chi connectivity index (χ0n) is 19.3. The highest BCUT2D eigenvalue weighted by Crippen LogP contribution is 2.31. The predicted octanol–water partition coefficient (Wildman–Crippen LogP) is 4.69. The number of anilines is 1. The molecule has 3 aromatic rings. The zero-order valence-corrected chi connectivity index (χ0v) is 21.7. The Morgan fingerprint density at radius 2 is 1.76 bits per heavy atom. The summed E-state index contributed by atoms with van der Waals surface area (Å²) in [6, 6.07) is 15.4. The van der Waals surface area contributed by atoms with Crippen molar-refractivity contribution in [3.63, 3.8) is 0 Å². The summed E-state index contributed by atoms with van der Waals surface area (Å²) >= 11 is 3.24. The third kappa shape index (κ3) is 6.63. The Hall–Kier alpha value is -4.41. The van der Waals surface area contributed by atoms with Gasteiger partial charge in [0.2, 0.25) is 0 Å². The quantitative estimate of drug-likeness (QED) is 0.123. The van der Waals surface area contributed by atoms with Crippen LogP contribution in [0.2, 0.25) is 0 Å². The van der Waals surface area contributed by atoms with Crippen LogP contribution in [-0.4, -0.2) is 33.5 Å². The van der Waals surface area contributed by atoms with Crippen LogP contribution in [0.15, 0.2) is 75.6 Å². The molecule has 0 saturated carbocycles. The second-order valence-electron chi connectivity index (χ2n) is 7.17. The molecule has 3 rings (SSSR count). The number of benzene rings is 3. The summed E-state index contributed by atoms with van der Waals surface area (Å²) in [6.07, 6.45) is 1.28. The molecule has 0 aliphatic heterocycles. The van der Waals surface area contributed by atoms with Gasteiger partial charge in [-0.3, -0.25) is 14.9 Å². The highest BCUT2D eigenvalue weighted by molar-refractivity contribution is 9.10. The van der Waals surface area contributed by atoms with Crippen LogP contribution < -0.4 is 19.0 Å². The summed E-state index contributed by atoms with van der Waals surface area (Å²) in [4.78, 5) is 22.9. The minimum absolute atomic E-state index is 0.00783. The number of nitriles is 1. The van der Waals surface area contributed by atoms with Crippen molar-refractivity contribution < 1.29 is 31.8 Å². The molecule has 1 amide bonds. The first kappa shape index (κ1) is 27.2. The van der Waals surface area contributed by atoms with Gasteiger partial charge in [0.1, 0.15) is 28.0 Å². The van der Waals surface area contributed by atoms with E-state index in [2.05, 4.69) is 21.2 Å². The maximum absolute atomic E-state index is 12.7. The van der Waals surface area contributed by atoms with E-state index < -0.39 is 20.9 Å². The van der Waals surface area contributed by atoms with Gasteiger partial charge in [0.15, 0.2) is 5.75 Å². The van der Waals surface area contributed by atoms with E-state index in [-0.39, 0.29) is 37.8 Å². The molecule has 0 aromatic heterocycles. The van der Waals surface area contributed by atoms with Gasteiger partial charge in [0, 0.05) is 6.07 Å². The van der Waals surface area contributed by atoms with Gasteiger partial charge in [-0.25, -0.2) is 0 Å². The Morgan fingerprint density at radius 1 is 1.05 bits per heavy atom. The van der Waals surface area contributed by atoms with Crippen molar-refractivity contribution in [2.24, 2.45) is 0 Å². The lowest BCUT2D eigenvalue weighted by Gasteiger charge is -2.10.